The molecule has 6 nitrogen and oxygen atoms in total. The van der Waals surface area contributed by atoms with Crippen LogP contribution in [-0.4, -0.2) is 34.4 Å². The fourth-order valence-electron chi connectivity index (χ4n) is 2.59. The molecular weight excluding hydrogens is 369 g/mol. The molecule has 1 unspecified atom stereocenters. The van der Waals surface area contributed by atoms with Gasteiger partial charge in [0.2, 0.25) is 0 Å². The van der Waals surface area contributed by atoms with Crippen molar-refractivity contribution in [3.63, 3.8) is 0 Å². The van der Waals surface area contributed by atoms with Crippen LogP contribution < -0.4 is 0 Å². The molecule has 2 heterocycles. The summed E-state index contributed by atoms with van der Waals surface area (Å²) in [7, 11) is 0. The highest BCUT2D eigenvalue weighted by atomic mass is 79.9. The van der Waals surface area contributed by atoms with Crippen molar-refractivity contribution in [3.8, 4) is 0 Å². The van der Waals surface area contributed by atoms with Crippen molar-refractivity contribution in [1.82, 2.24) is 10.3 Å². The lowest BCUT2D eigenvalue weighted by atomic mass is 9.98. The Morgan fingerprint density at radius 3 is 3.00 bits per heavy atom. The Morgan fingerprint density at radius 2 is 2.30 bits per heavy atom. The van der Waals surface area contributed by atoms with Crippen LogP contribution in [0.5, 0.6) is 0 Å². The van der Waals surface area contributed by atoms with E-state index >= 15 is 0 Å². The smallest absolute Gasteiger partial charge is 0.156 e. The second kappa shape index (κ2) is 7.18. The lowest BCUT2D eigenvalue weighted by molar-refractivity contribution is 0.185. The maximum Gasteiger partial charge on any atom is 0.156 e. The van der Waals surface area contributed by atoms with Crippen molar-refractivity contribution in [2.75, 3.05) is 13.2 Å². The summed E-state index contributed by atoms with van der Waals surface area (Å²) in [6, 6.07) is 4.62. The van der Waals surface area contributed by atoms with Gasteiger partial charge in [-0.25, -0.2) is 9.02 Å². The first-order chi connectivity index (χ1) is 11.2. The standard InChI is InChI=1S/C15H15BrFN3O3/c16-11-5-9(1-2-12(11)17)6-13(18-21)15-14(19-23-20-15)7-10-3-4-22-8-10/h1-2,5,10,21H,3-4,6-8H2. The van der Waals surface area contributed by atoms with Crippen LogP contribution in [0.25, 0.3) is 0 Å². The lowest BCUT2D eigenvalue weighted by Gasteiger charge is -2.07. The quantitative estimate of drug-likeness (QED) is 0.487. The van der Waals surface area contributed by atoms with E-state index in [1.807, 2.05) is 0 Å². The number of ether oxygens (including phenoxy) is 1. The largest absolute Gasteiger partial charge is 0.411 e. The van der Waals surface area contributed by atoms with Gasteiger partial charge in [0, 0.05) is 26.1 Å². The van der Waals surface area contributed by atoms with E-state index in [-0.39, 0.29) is 12.2 Å². The molecule has 3 rings (SSSR count). The first-order valence-corrected chi connectivity index (χ1v) is 8.01. The minimum Gasteiger partial charge on any atom is -0.411 e. The van der Waals surface area contributed by atoms with Gasteiger partial charge in [-0.1, -0.05) is 16.4 Å². The fraction of sp³-hybridized carbons (Fsp3) is 0.400. The van der Waals surface area contributed by atoms with Crippen LogP contribution in [0.3, 0.4) is 0 Å². The average Bonchev–Trinajstić information content (AvgIpc) is 3.21. The molecule has 1 aromatic heterocycles. The molecule has 1 aromatic carbocycles. The summed E-state index contributed by atoms with van der Waals surface area (Å²) in [6.07, 6.45) is 1.91. The minimum absolute atomic E-state index is 0.289. The van der Waals surface area contributed by atoms with E-state index in [9.17, 15) is 9.60 Å². The van der Waals surface area contributed by atoms with Crippen molar-refractivity contribution in [1.29, 1.82) is 0 Å². The Bertz CT molecular complexity index is 714. The van der Waals surface area contributed by atoms with E-state index in [2.05, 4.69) is 31.4 Å². The van der Waals surface area contributed by atoms with Crippen LogP contribution in [0.2, 0.25) is 0 Å². The topological polar surface area (TPSA) is 80.7 Å². The predicted octanol–water partition coefficient (Wildman–Crippen LogP) is 2.97. The van der Waals surface area contributed by atoms with Gasteiger partial charge in [0.05, 0.1) is 4.47 Å². The van der Waals surface area contributed by atoms with Crippen LogP contribution in [0.4, 0.5) is 4.39 Å². The molecule has 1 saturated heterocycles. The van der Waals surface area contributed by atoms with Gasteiger partial charge in [0.25, 0.3) is 0 Å². The Balaban J connectivity index is 1.78. The van der Waals surface area contributed by atoms with Crippen LogP contribution in [-0.2, 0) is 17.6 Å². The van der Waals surface area contributed by atoms with Crippen molar-refractivity contribution in [3.05, 3.63) is 45.4 Å². The highest BCUT2D eigenvalue weighted by Gasteiger charge is 2.23. The Morgan fingerprint density at radius 1 is 1.43 bits per heavy atom. The maximum absolute atomic E-state index is 13.3. The van der Waals surface area contributed by atoms with Crippen LogP contribution in [0, 0.1) is 11.7 Å². The van der Waals surface area contributed by atoms with E-state index in [0.717, 1.165) is 18.6 Å². The number of hydrogen-bond acceptors (Lipinski definition) is 6. The second-order valence-corrected chi connectivity index (χ2v) is 6.32. The Labute approximate surface area is 140 Å². The Hall–Kier alpha value is -1.80. The molecule has 1 aliphatic heterocycles. The van der Waals surface area contributed by atoms with E-state index in [1.165, 1.54) is 6.07 Å². The van der Waals surface area contributed by atoms with Gasteiger partial charge >= 0.3 is 0 Å². The molecular formula is C15H15BrFN3O3. The number of nitrogens with zero attached hydrogens (tertiary/aromatic N) is 3. The zero-order valence-electron chi connectivity index (χ0n) is 12.2. The number of halogens is 2. The highest BCUT2D eigenvalue weighted by Crippen LogP contribution is 2.21. The summed E-state index contributed by atoms with van der Waals surface area (Å²) < 4.78 is 23.8. The normalized spacial score (nSPS) is 18.5. The van der Waals surface area contributed by atoms with Gasteiger partial charge in [0.1, 0.15) is 17.2 Å². The molecule has 0 bridgehead atoms. The summed E-state index contributed by atoms with van der Waals surface area (Å²) in [6.45, 7) is 1.43. The van der Waals surface area contributed by atoms with Crippen LogP contribution >= 0.6 is 15.9 Å². The van der Waals surface area contributed by atoms with Gasteiger partial charge in [-0.05, 0) is 51.1 Å². The lowest BCUT2D eigenvalue weighted by Crippen LogP contribution is -2.12. The van der Waals surface area contributed by atoms with Crippen LogP contribution in [0.15, 0.2) is 32.5 Å². The second-order valence-electron chi connectivity index (χ2n) is 5.47. The van der Waals surface area contributed by atoms with Gasteiger partial charge in [-0.2, -0.15) is 0 Å². The summed E-state index contributed by atoms with van der Waals surface area (Å²) in [5.74, 6) is 0.0156. The first kappa shape index (κ1) is 16.1. The van der Waals surface area contributed by atoms with Crippen molar-refractivity contribution >= 4 is 21.6 Å². The van der Waals surface area contributed by atoms with E-state index in [1.54, 1.807) is 12.1 Å². The Kier molecular flexibility index (Phi) is 5.02. The number of oxime groups is 1. The highest BCUT2D eigenvalue weighted by molar-refractivity contribution is 9.10. The third-order valence-electron chi connectivity index (χ3n) is 3.81. The van der Waals surface area contributed by atoms with Crippen molar-refractivity contribution in [2.24, 2.45) is 11.1 Å². The van der Waals surface area contributed by atoms with Gasteiger partial charge in [-0.15, -0.1) is 0 Å². The third-order valence-corrected chi connectivity index (χ3v) is 4.42. The first-order valence-electron chi connectivity index (χ1n) is 7.21. The SMILES string of the molecule is ON=C(Cc1ccc(F)c(Br)c1)c1nonc1CC1CCOC1. The molecule has 0 radical (unpaired) electrons. The molecule has 1 atom stereocenters. The number of benzene rings is 1. The zero-order valence-corrected chi connectivity index (χ0v) is 13.8. The predicted molar refractivity (Wildman–Crippen MR) is 83.1 cm³/mol. The summed E-state index contributed by atoms with van der Waals surface area (Å²) in [5.41, 5.74) is 2.19. The molecule has 1 aliphatic rings. The number of hydrogen-bond donors (Lipinski definition) is 1. The summed E-state index contributed by atoms with van der Waals surface area (Å²) in [4.78, 5) is 0. The fourth-order valence-corrected chi connectivity index (χ4v) is 3.01. The molecule has 8 heteroatoms. The molecule has 0 spiro atoms. The molecule has 0 aliphatic carbocycles. The average molecular weight is 384 g/mol. The van der Waals surface area contributed by atoms with Gasteiger partial charge in [-0.3, -0.25) is 0 Å². The van der Waals surface area contributed by atoms with Gasteiger partial charge < -0.3 is 9.94 Å². The number of rotatable bonds is 5. The molecule has 23 heavy (non-hydrogen) atoms. The number of aromatic nitrogens is 2. The molecule has 1 fully saturated rings. The summed E-state index contributed by atoms with van der Waals surface area (Å²) in [5, 5.41) is 20.4. The van der Waals surface area contributed by atoms with E-state index in [4.69, 9.17) is 9.37 Å². The van der Waals surface area contributed by atoms with E-state index in [0.29, 0.717) is 40.5 Å². The van der Waals surface area contributed by atoms with Crippen LogP contribution in [0.1, 0.15) is 23.4 Å². The molecule has 0 saturated carbocycles. The minimum atomic E-state index is -0.346. The molecule has 0 amide bonds. The summed E-state index contributed by atoms with van der Waals surface area (Å²) >= 11 is 3.14. The molecule has 122 valence electrons. The molecule has 2 aromatic rings. The third kappa shape index (κ3) is 3.76. The van der Waals surface area contributed by atoms with E-state index < -0.39 is 0 Å². The maximum atomic E-state index is 13.3. The van der Waals surface area contributed by atoms with Crippen molar-refractivity contribution < 1.29 is 19.0 Å². The van der Waals surface area contributed by atoms with Crippen molar-refractivity contribution in [2.45, 2.75) is 19.3 Å². The molecule has 1 N–H and O–H groups in total. The zero-order chi connectivity index (χ0) is 16.2. The monoisotopic (exact) mass is 383 g/mol. The van der Waals surface area contributed by atoms with Gasteiger partial charge in [0.15, 0.2) is 5.69 Å².